The van der Waals surface area contributed by atoms with Gasteiger partial charge in [0.25, 0.3) is 0 Å². The number of likely N-dealkylation sites (tertiary alicyclic amines) is 1. The molecule has 0 aliphatic carbocycles. The van der Waals surface area contributed by atoms with E-state index in [0.717, 1.165) is 19.6 Å². The van der Waals surface area contributed by atoms with Crippen LogP contribution in [0.15, 0.2) is 6.07 Å². The van der Waals surface area contributed by atoms with Crippen molar-refractivity contribution in [2.24, 2.45) is 0 Å². The van der Waals surface area contributed by atoms with Crippen molar-refractivity contribution in [1.82, 2.24) is 9.88 Å². The van der Waals surface area contributed by atoms with Crippen molar-refractivity contribution in [3.8, 4) is 5.88 Å². The Balaban J connectivity index is 1.91. The Kier molecular flexibility index (Phi) is 4.92. The number of nitrogens with one attached hydrogen (secondary N) is 1. The molecule has 1 fully saturated rings. The molecule has 1 aromatic rings. The molecular formula is C12H17Cl2N3O. The minimum atomic E-state index is 0.435. The van der Waals surface area contributed by atoms with Gasteiger partial charge in [-0.2, -0.15) is 4.98 Å². The smallest absolute Gasteiger partial charge is 0.234 e. The predicted molar refractivity (Wildman–Crippen MR) is 75.0 cm³/mol. The highest BCUT2D eigenvalue weighted by Gasteiger charge is 2.13. The number of aromatic nitrogens is 1. The Bertz CT molecular complexity index is 409. The molecule has 0 bridgehead atoms. The summed E-state index contributed by atoms with van der Waals surface area (Å²) >= 11 is 12.0. The molecular weight excluding hydrogens is 273 g/mol. The molecule has 18 heavy (non-hydrogen) atoms. The van der Waals surface area contributed by atoms with Gasteiger partial charge in [-0.05, 0) is 32.0 Å². The van der Waals surface area contributed by atoms with Gasteiger partial charge in [0.15, 0.2) is 0 Å². The molecule has 1 aliphatic heterocycles. The molecule has 0 unspecified atom stereocenters. The highest BCUT2D eigenvalue weighted by atomic mass is 35.5. The van der Waals surface area contributed by atoms with Crippen LogP contribution in [0.2, 0.25) is 10.0 Å². The fourth-order valence-electron chi connectivity index (χ4n) is 2.00. The van der Waals surface area contributed by atoms with Crippen molar-refractivity contribution in [2.75, 3.05) is 38.6 Å². The van der Waals surface area contributed by atoms with Crippen LogP contribution in [0.1, 0.15) is 12.8 Å². The summed E-state index contributed by atoms with van der Waals surface area (Å²) in [6.45, 7) is 3.83. The molecule has 0 amide bonds. The molecule has 0 spiro atoms. The summed E-state index contributed by atoms with van der Waals surface area (Å²) in [7, 11) is 1.76. The molecule has 6 heteroatoms. The minimum absolute atomic E-state index is 0.435. The van der Waals surface area contributed by atoms with E-state index in [1.54, 1.807) is 13.1 Å². The van der Waals surface area contributed by atoms with Gasteiger partial charge in [-0.1, -0.05) is 23.2 Å². The van der Waals surface area contributed by atoms with Gasteiger partial charge in [-0.25, -0.2) is 0 Å². The van der Waals surface area contributed by atoms with Crippen molar-refractivity contribution in [3.63, 3.8) is 0 Å². The van der Waals surface area contributed by atoms with Crippen LogP contribution in [0.3, 0.4) is 0 Å². The molecule has 4 nitrogen and oxygen atoms in total. The lowest BCUT2D eigenvalue weighted by Gasteiger charge is -2.15. The van der Waals surface area contributed by atoms with Crippen molar-refractivity contribution < 1.29 is 4.74 Å². The van der Waals surface area contributed by atoms with Gasteiger partial charge in [0.05, 0.1) is 5.02 Å². The van der Waals surface area contributed by atoms with E-state index in [4.69, 9.17) is 27.9 Å². The van der Waals surface area contributed by atoms with Crippen LogP contribution in [-0.4, -0.2) is 43.2 Å². The average Bonchev–Trinajstić information content (AvgIpc) is 2.85. The predicted octanol–water partition coefficient (Wildman–Crippen LogP) is 2.90. The zero-order valence-corrected chi connectivity index (χ0v) is 11.9. The standard InChI is InChI=1S/C12H17Cl2N3O/c1-15-11-9(13)8-10(14)12(16-11)18-7-6-17-4-2-3-5-17/h8H,2-7H2,1H3,(H,15,16). The number of rotatable bonds is 5. The molecule has 2 heterocycles. The summed E-state index contributed by atoms with van der Waals surface area (Å²) in [5, 5.41) is 3.84. The molecule has 2 rings (SSSR count). The molecule has 0 atom stereocenters. The monoisotopic (exact) mass is 289 g/mol. The summed E-state index contributed by atoms with van der Waals surface area (Å²) in [5.41, 5.74) is 0. The summed E-state index contributed by atoms with van der Waals surface area (Å²) in [6, 6.07) is 1.65. The zero-order valence-electron chi connectivity index (χ0n) is 10.4. The van der Waals surface area contributed by atoms with E-state index in [0.29, 0.717) is 28.3 Å². The minimum Gasteiger partial charge on any atom is -0.475 e. The molecule has 1 N–H and O–H groups in total. The maximum absolute atomic E-state index is 6.04. The highest BCUT2D eigenvalue weighted by Crippen LogP contribution is 2.30. The van der Waals surface area contributed by atoms with Crippen LogP contribution in [0.4, 0.5) is 5.82 Å². The first-order valence-electron chi connectivity index (χ1n) is 6.09. The number of hydrogen-bond donors (Lipinski definition) is 1. The second kappa shape index (κ2) is 6.45. The summed E-state index contributed by atoms with van der Waals surface area (Å²) in [5.74, 6) is 1.02. The van der Waals surface area contributed by atoms with Crippen LogP contribution in [0.5, 0.6) is 5.88 Å². The van der Waals surface area contributed by atoms with Gasteiger partial charge in [0.1, 0.15) is 17.4 Å². The first-order valence-corrected chi connectivity index (χ1v) is 6.85. The Hall–Kier alpha value is -0.710. The van der Waals surface area contributed by atoms with Gasteiger partial charge >= 0.3 is 0 Å². The van der Waals surface area contributed by atoms with Crippen molar-refractivity contribution in [2.45, 2.75) is 12.8 Å². The topological polar surface area (TPSA) is 37.4 Å². The van der Waals surface area contributed by atoms with E-state index in [1.807, 2.05) is 0 Å². The SMILES string of the molecule is CNc1nc(OCCN2CCCC2)c(Cl)cc1Cl. The van der Waals surface area contributed by atoms with Crippen LogP contribution in [0.25, 0.3) is 0 Å². The van der Waals surface area contributed by atoms with E-state index in [-0.39, 0.29) is 0 Å². The lowest BCUT2D eigenvalue weighted by atomic mass is 10.4. The van der Waals surface area contributed by atoms with Gasteiger partial charge < -0.3 is 10.1 Å². The Morgan fingerprint density at radius 2 is 2.06 bits per heavy atom. The summed E-state index contributed by atoms with van der Waals surface area (Å²) in [6.07, 6.45) is 2.56. The Labute approximate surface area is 117 Å². The number of pyridine rings is 1. The maximum atomic E-state index is 6.04. The molecule has 1 aromatic heterocycles. The number of nitrogens with zero attached hydrogens (tertiary/aromatic N) is 2. The van der Waals surface area contributed by atoms with Crippen LogP contribution in [-0.2, 0) is 0 Å². The average molecular weight is 290 g/mol. The van der Waals surface area contributed by atoms with Crippen molar-refractivity contribution in [1.29, 1.82) is 0 Å². The summed E-state index contributed by atoms with van der Waals surface area (Å²) in [4.78, 5) is 6.62. The largest absolute Gasteiger partial charge is 0.475 e. The molecule has 0 radical (unpaired) electrons. The summed E-state index contributed by atoms with van der Waals surface area (Å²) < 4.78 is 5.61. The van der Waals surface area contributed by atoms with Crippen LogP contribution >= 0.6 is 23.2 Å². The van der Waals surface area contributed by atoms with Gasteiger partial charge in [0.2, 0.25) is 5.88 Å². The fraction of sp³-hybridized carbons (Fsp3) is 0.583. The van der Waals surface area contributed by atoms with E-state index < -0.39 is 0 Å². The van der Waals surface area contributed by atoms with Crippen molar-refractivity contribution >= 4 is 29.0 Å². The molecule has 1 aliphatic rings. The van der Waals surface area contributed by atoms with E-state index in [2.05, 4.69) is 15.2 Å². The Morgan fingerprint density at radius 3 is 2.72 bits per heavy atom. The molecule has 0 saturated carbocycles. The highest BCUT2D eigenvalue weighted by molar-refractivity contribution is 6.36. The lowest BCUT2D eigenvalue weighted by molar-refractivity contribution is 0.232. The molecule has 100 valence electrons. The normalized spacial score (nSPS) is 15.9. The van der Waals surface area contributed by atoms with E-state index in [9.17, 15) is 0 Å². The second-order valence-corrected chi connectivity index (χ2v) is 5.07. The number of ether oxygens (including phenoxy) is 1. The third-order valence-corrected chi connectivity index (χ3v) is 3.54. The van der Waals surface area contributed by atoms with Crippen molar-refractivity contribution in [3.05, 3.63) is 16.1 Å². The van der Waals surface area contributed by atoms with Gasteiger partial charge in [0, 0.05) is 13.6 Å². The zero-order chi connectivity index (χ0) is 13.0. The molecule has 0 aromatic carbocycles. The molecule has 1 saturated heterocycles. The third kappa shape index (κ3) is 3.40. The number of anilines is 1. The quantitative estimate of drug-likeness (QED) is 0.904. The number of hydrogen-bond acceptors (Lipinski definition) is 4. The van der Waals surface area contributed by atoms with Gasteiger partial charge in [-0.3, -0.25) is 4.90 Å². The van der Waals surface area contributed by atoms with Crippen LogP contribution in [0, 0.1) is 0 Å². The van der Waals surface area contributed by atoms with E-state index >= 15 is 0 Å². The first kappa shape index (κ1) is 13.7. The fourth-order valence-corrected chi connectivity index (χ4v) is 2.51. The lowest BCUT2D eigenvalue weighted by Crippen LogP contribution is -2.25. The third-order valence-electron chi connectivity index (χ3n) is 2.98. The number of halogens is 2. The van der Waals surface area contributed by atoms with E-state index in [1.165, 1.54) is 12.8 Å². The first-order chi connectivity index (χ1) is 8.70. The Morgan fingerprint density at radius 1 is 1.33 bits per heavy atom. The second-order valence-electron chi connectivity index (χ2n) is 4.25. The van der Waals surface area contributed by atoms with Crippen LogP contribution < -0.4 is 10.1 Å². The maximum Gasteiger partial charge on any atom is 0.234 e. The van der Waals surface area contributed by atoms with Gasteiger partial charge in [-0.15, -0.1) is 0 Å².